The average Bonchev–Trinajstić information content (AvgIpc) is 2.68. The summed E-state index contributed by atoms with van der Waals surface area (Å²) in [6.45, 7) is 4.12. The van der Waals surface area contributed by atoms with E-state index in [4.69, 9.17) is 4.74 Å². The van der Waals surface area contributed by atoms with E-state index in [1.165, 1.54) is 11.8 Å². The van der Waals surface area contributed by atoms with Crippen LogP contribution in [0.4, 0.5) is 0 Å². The molecule has 1 heterocycles. The van der Waals surface area contributed by atoms with Gasteiger partial charge in [-0.2, -0.15) is 0 Å². The number of ether oxygens (including phenoxy) is 1. The fourth-order valence-electron chi connectivity index (χ4n) is 2.97. The number of aromatic nitrogens is 2. The van der Waals surface area contributed by atoms with Crippen LogP contribution >= 0.6 is 27.7 Å². The van der Waals surface area contributed by atoms with E-state index < -0.39 is 5.25 Å². The molecule has 0 fully saturated rings. The molecule has 0 spiro atoms. The van der Waals surface area contributed by atoms with E-state index in [1.54, 1.807) is 29.9 Å². The van der Waals surface area contributed by atoms with Crippen molar-refractivity contribution in [2.75, 3.05) is 13.7 Å². The standard InChI is InChI=1S/C21H21BrN2O3S/c1-13(12-27-3)24-20(26)17-6-4-5-7-18(17)23-21(24)28-14(2)19(25)15-8-10-16(22)11-9-15/h4-11,13-14H,12H2,1-3H3. The van der Waals surface area contributed by atoms with Crippen LogP contribution < -0.4 is 5.56 Å². The van der Waals surface area contributed by atoms with Gasteiger partial charge in [0.2, 0.25) is 0 Å². The first-order valence-electron chi connectivity index (χ1n) is 8.89. The van der Waals surface area contributed by atoms with Gasteiger partial charge in [0.15, 0.2) is 10.9 Å². The van der Waals surface area contributed by atoms with E-state index in [2.05, 4.69) is 20.9 Å². The molecule has 0 bridgehead atoms. The predicted molar refractivity (Wildman–Crippen MR) is 116 cm³/mol. The van der Waals surface area contributed by atoms with Crippen LogP contribution in [0.1, 0.15) is 30.2 Å². The molecule has 0 aliphatic heterocycles. The Morgan fingerprint density at radius 1 is 1.18 bits per heavy atom. The van der Waals surface area contributed by atoms with Gasteiger partial charge in [-0.05, 0) is 38.1 Å². The zero-order valence-electron chi connectivity index (χ0n) is 15.9. The van der Waals surface area contributed by atoms with E-state index in [-0.39, 0.29) is 17.4 Å². The summed E-state index contributed by atoms with van der Waals surface area (Å²) in [6, 6.07) is 14.3. The molecular formula is C21H21BrN2O3S. The van der Waals surface area contributed by atoms with Crippen LogP contribution in [-0.2, 0) is 4.74 Å². The molecule has 3 rings (SSSR count). The summed E-state index contributed by atoms with van der Waals surface area (Å²) in [5.74, 6) is -0.00847. The van der Waals surface area contributed by atoms with Gasteiger partial charge in [0.1, 0.15) is 0 Å². The van der Waals surface area contributed by atoms with Gasteiger partial charge >= 0.3 is 0 Å². The van der Waals surface area contributed by atoms with Gasteiger partial charge in [0.05, 0.1) is 28.8 Å². The van der Waals surface area contributed by atoms with E-state index in [9.17, 15) is 9.59 Å². The number of carbonyl (C=O) groups is 1. The molecule has 28 heavy (non-hydrogen) atoms. The zero-order chi connectivity index (χ0) is 20.3. The fraction of sp³-hybridized carbons (Fsp3) is 0.286. The summed E-state index contributed by atoms with van der Waals surface area (Å²) in [4.78, 5) is 30.6. The topological polar surface area (TPSA) is 61.2 Å². The molecule has 0 aliphatic carbocycles. The van der Waals surface area contributed by atoms with E-state index in [0.29, 0.717) is 28.2 Å². The minimum atomic E-state index is -0.393. The van der Waals surface area contributed by atoms with E-state index >= 15 is 0 Å². The molecule has 5 nitrogen and oxygen atoms in total. The third-order valence-electron chi connectivity index (χ3n) is 4.40. The van der Waals surface area contributed by atoms with Gasteiger partial charge in [-0.3, -0.25) is 14.2 Å². The fourth-order valence-corrected chi connectivity index (χ4v) is 4.32. The minimum absolute atomic E-state index is 0.00847. The average molecular weight is 461 g/mol. The molecule has 7 heteroatoms. The first kappa shape index (κ1) is 20.8. The molecule has 0 radical (unpaired) electrons. The largest absolute Gasteiger partial charge is 0.383 e. The summed E-state index contributed by atoms with van der Waals surface area (Å²) in [6.07, 6.45) is 0. The number of hydrogen-bond donors (Lipinski definition) is 0. The van der Waals surface area contributed by atoms with Crippen LogP contribution in [0.15, 0.2) is 63.0 Å². The smallest absolute Gasteiger partial charge is 0.262 e. The number of ketones is 1. The molecule has 0 saturated carbocycles. The quantitative estimate of drug-likeness (QED) is 0.289. The van der Waals surface area contributed by atoms with Crippen molar-refractivity contribution in [3.8, 4) is 0 Å². The highest BCUT2D eigenvalue weighted by Gasteiger charge is 2.22. The number of carbonyl (C=O) groups excluding carboxylic acids is 1. The first-order valence-corrected chi connectivity index (χ1v) is 10.6. The minimum Gasteiger partial charge on any atom is -0.383 e. The number of halogens is 1. The van der Waals surface area contributed by atoms with Crippen LogP contribution in [0, 0.1) is 0 Å². The Bertz CT molecular complexity index is 1050. The van der Waals surface area contributed by atoms with Crippen molar-refractivity contribution in [3.63, 3.8) is 0 Å². The maximum Gasteiger partial charge on any atom is 0.262 e. The van der Waals surface area contributed by atoms with E-state index in [1.807, 2.05) is 44.2 Å². The van der Waals surface area contributed by atoms with Crippen LogP contribution in [0.25, 0.3) is 10.9 Å². The number of methoxy groups -OCH3 is 1. The summed E-state index contributed by atoms with van der Waals surface area (Å²) in [5, 5.41) is 0.683. The maximum atomic E-state index is 13.1. The van der Waals surface area contributed by atoms with Gasteiger partial charge in [-0.15, -0.1) is 0 Å². The van der Waals surface area contributed by atoms with Crippen molar-refractivity contribution in [2.45, 2.75) is 30.3 Å². The number of nitrogens with zero attached hydrogens (tertiary/aromatic N) is 2. The Labute approximate surface area is 176 Å². The molecule has 1 aromatic heterocycles. The number of rotatable bonds is 7. The second-order valence-electron chi connectivity index (χ2n) is 6.52. The highest BCUT2D eigenvalue weighted by atomic mass is 79.9. The predicted octanol–water partition coefficient (Wildman–Crippen LogP) is 4.73. The van der Waals surface area contributed by atoms with E-state index in [0.717, 1.165) is 4.47 Å². The lowest BCUT2D eigenvalue weighted by molar-refractivity contribution is 0.0993. The van der Waals surface area contributed by atoms with Crippen molar-refractivity contribution in [1.82, 2.24) is 9.55 Å². The molecule has 0 N–H and O–H groups in total. The van der Waals surface area contributed by atoms with Gasteiger partial charge < -0.3 is 4.74 Å². The highest BCUT2D eigenvalue weighted by Crippen LogP contribution is 2.27. The number of Topliss-reactive ketones (excluding diaryl/α,β-unsaturated/α-hetero) is 1. The van der Waals surface area contributed by atoms with Gasteiger partial charge in [0, 0.05) is 17.1 Å². The van der Waals surface area contributed by atoms with Crippen molar-refractivity contribution in [2.24, 2.45) is 0 Å². The molecule has 0 amide bonds. The molecular weight excluding hydrogens is 440 g/mol. The second kappa shape index (κ2) is 9.03. The monoisotopic (exact) mass is 460 g/mol. The van der Waals surface area contributed by atoms with Crippen LogP contribution in [0.2, 0.25) is 0 Å². The van der Waals surface area contributed by atoms with Crippen molar-refractivity contribution in [1.29, 1.82) is 0 Å². The lowest BCUT2D eigenvalue weighted by Gasteiger charge is -2.20. The molecule has 0 saturated heterocycles. The summed E-state index contributed by atoms with van der Waals surface area (Å²) in [7, 11) is 1.60. The number of thioether (sulfide) groups is 1. The molecule has 2 unspecified atom stereocenters. The zero-order valence-corrected chi connectivity index (χ0v) is 18.3. The summed E-state index contributed by atoms with van der Waals surface area (Å²) < 4.78 is 7.79. The normalized spacial score (nSPS) is 13.4. The number of para-hydroxylation sites is 1. The van der Waals surface area contributed by atoms with Crippen LogP contribution in [0.5, 0.6) is 0 Å². The lowest BCUT2D eigenvalue weighted by atomic mass is 10.1. The van der Waals surface area contributed by atoms with Crippen molar-refractivity contribution in [3.05, 3.63) is 68.9 Å². The summed E-state index contributed by atoms with van der Waals surface area (Å²) in [5.41, 5.74) is 1.13. The summed E-state index contributed by atoms with van der Waals surface area (Å²) >= 11 is 4.68. The van der Waals surface area contributed by atoms with Crippen LogP contribution in [0.3, 0.4) is 0 Å². The Hall–Kier alpha value is -1.96. The van der Waals surface area contributed by atoms with Gasteiger partial charge in [-0.25, -0.2) is 4.98 Å². The molecule has 0 aliphatic rings. The highest BCUT2D eigenvalue weighted by molar-refractivity contribution is 9.10. The Kier molecular flexibility index (Phi) is 6.69. The third-order valence-corrected chi connectivity index (χ3v) is 6.00. The van der Waals surface area contributed by atoms with Crippen molar-refractivity contribution < 1.29 is 9.53 Å². The van der Waals surface area contributed by atoms with Crippen LogP contribution in [-0.4, -0.2) is 34.3 Å². The third kappa shape index (κ3) is 4.37. The lowest BCUT2D eigenvalue weighted by Crippen LogP contribution is -2.29. The second-order valence-corrected chi connectivity index (χ2v) is 8.75. The molecule has 2 atom stereocenters. The number of hydrogen-bond acceptors (Lipinski definition) is 5. The number of fused-ring (bicyclic) bond motifs is 1. The maximum absolute atomic E-state index is 13.1. The van der Waals surface area contributed by atoms with Gasteiger partial charge in [-0.1, -0.05) is 52.0 Å². The first-order chi connectivity index (χ1) is 13.4. The van der Waals surface area contributed by atoms with Gasteiger partial charge in [0.25, 0.3) is 5.56 Å². The SMILES string of the molecule is COCC(C)n1c(SC(C)C(=O)c2ccc(Br)cc2)nc2ccccc2c1=O. The number of benzene rings is 2. The molecule has 2 aromatic carbocycles. The molecule has 146 valence electrons. The Morgan fingerprint density at radius 3 is 2.54 bits per heavy atom. The Balaban J connectivity index is 2.00. The Morgan fingerprint density at radius 2 is 1.86 bits per heavy atom. The molecule has 3 aromatic rings. The van der Waals surface area contributed by atoms with Crippen molar-refractivity contribution >= 4 is 44.4 Å².